The zero-order chi connectivity index (χ0) is 11.1. The topological polar surface area (TPSA) is 46.2 Å². The molecule has 0 saturated heterocycles. The Hall–Kier alpha value is -1.29. The van der Waals surface area contributed by atoms with Crippen molar-refractivity contribution in [2.24, 2.45) is 0 Å². The molecule has 0 amide bonds. The van der Waals surface area contributed by atoms with Gasteiger partial charge in [-0.3, -0.25) is 0 Å². The molecule has 3 nitrogen and oxygen atoms in total. The smallest absolute Gasteiger partial charge is 0.171 e. The first-order chi connectivity index (χ1) is 7.14. The second-order valence-electron chi connectivity index (χ2n) is 3.10. The standard InChI is InChI=1S/C11H14NO2S/c1-2-15(13,14)10-6-9-12-11-7-4-3-5-8-11/h2,4-5,7-8,12H,1,6,9-10H2. The Morgan fingerprint density at radius 3 is 2.67 bits per heavy atom. The minimum Gasteiger partial charge on any atom is -0.385 e. The summed E-state index contributed by atoms with van der Waals surface area (Å²) in [6.07, 6.45) is 0.576. The molecule has 0 unspecified atom stereocenters. The summed E-state index contributed by atoms with van der Waals surface area (Å²) in [6.45, 7) is 3.89. The molecule has 0 aliphatic carbocycles. The average Bonchev–Trinajstić information content (AvgIpc) is 2.26. The van der Waals surface area contributed by atoms with Crippen molar-refractivity contribution in [2.45, 2.75) is 6.42 Å². The van der Waals surface area contributed by atoms with Gasteiger partial charge in [0.2, 0.25) is 0 Å². The van der Waals surface area contributed by atoms with Gasteiger partial charge in [-0.2, -0.15) is 0 Å². The van der Waals surface area contributed by atoms with E-state index in [1.54, 1.807) is 0 Å². The van der Waals surface area contributed by atoms with Gasteiger partial charge in [-0.15, -0.1) is 0 Å². The molecule has 1 radical (unpaired) electrons. The third kappa shape index (κ3) is 4.65. The molecule has 4 heteroatoms. The number of rotatable bonds is 6. The van der Waals surface area contributed by atoms with E-state index in [1.807, 2.05) is 24.3 Å². The van der Waals surface area contributed by atoms with E-state index in [1.165, 1.54) is 0 Å². The fourth-order valence-electron chi connectivity index (χ4n) is 1.09. The van der Waals surface area contributed by atoms with Gasteiger partial charge in [0.15, 0.2) is 9.84 Å². The molecular formula is C11H14NO2S. The Balaban J connectivity index is 2.26. The van der Waals surface area contributed by atoms with Gasteiger partial charge in [0, 0.05) is 17.6 Å². The van der Waals surface area contributed by atoms with E-state index in [-0.39, 0.29) is 5.75 Å². The second-order valence-corrected chi connectivity index (χ2v) is 5.17. The van der Waals surface area contributed by atoms with E-state index in [0.717, 1.165) is 11.1 Å². The highest BCUT2D eigenvalue weighted by Crippen LogP contribution is 2.04. The molecular weight excluding hydrogens is 210 g/mol. The van der Waals surface area contributed by atoms with Gasteiger partial charge in [0.05, 0.1) is 5.75 Å². The lowest BCUT2D eigenvalue weighted by Gasteiger charge is -2.04. The van der Waals surface area contributed by atoms with Crippen LogP contribution >= 0.6 is 0 Å². The number of hydrogen-bond donors (Lipinski definition) is 1. The van der Waals surface area contributed by atoms with Crippen LogP contribution in [0, 0.1) is 6.07 Å². The summed E-state index contributed by atoms with van der Waals surface area (Å²) in [5, 5.41) is 4.13. The number of hydrogen-bond acceptors (Lipinski definition) is 3. The van der Waals surface area contributed by atoms with Crippen LogP contribution in [0.5, 0.6) is 0 Å². The van der Waals surface area contributed by atoms with Gasteiger partial charge in [0.1, 0.15) is 0 Å². The van der Waals surface area contributed by atoms with Crippen molar-refractivity contribution in [1.29, 1.82) is 0 Å². The molecule has 0 saturated carbocycles. The van der Waals surface area contributed by atoms with Crippen molar-refractivity contribution in [3.05, 3.63) is 42.3 Å². The first-order valence-electron chi connectivity index (χ1n) is 4.69. The molecule has 81 valence electrons. The monoisotopic (exact) mass is 224 g/mol. The van der Waals surface area contributed by atoms with Crippen LogP contribution in [0.4, 0.5) is 5.69 Å². The Morgan fingerprint density at radius 1 is 1.40 bits per heavy atom. The Bertz CT molecular complexity index is 398. The van der Waals surface area contributed by atoms with E-state index in [4.69, 9.17) is 0 Å². The molecule has 0 atom stereocenters. The highest BCUT2D eigenvalue weighted by atomic mass is 32.2. The zero-order valence-corrected chi connectivity index (χ0v) is 9.26. The summed E-state index contributed by atoms with van der Waals surface area (Å²) in [6, 6.07) is 10.3. The van der Waals surface area contributed by atoms with Gasteiger partial charge in [-0.1, -0.05) is 18.7 Å². The number of sulfone groups is 1. The third-order valence-corrected chi connectivity index (χ3v) is 3.27. The summed E-state index contributed by atoms with van der Waals surface area (Å²) in [5.74, 6) is 0.141. The molecule has 1 aromatic rings. The van der Waals surface area contributed by atoms with E-state index < -0.39 is 9.84 Å². The van der Waals surface area contributed by atoms with E-state index >= 15 is 0 Å². The van der Waals surface area contributed by atoms with Crippen LogP contribution < -0.4 is 5.32 Å². The molecule has 0 aliphatic heterocycles. The maximum atomic E-state index is 11.1. The molecule has 0 heterocycles. The maximum Gasteiger partial charge on any atom is 0.171 e. The molecule has 1 aromatic carbocycles. The highest BCUT2D eigenvalue weighted by molar-refractivity contribution is 7.94. The lowest BCUT2D eigenvalue weighted by Crippen LogP contribution is -2.08. The first kappa shape index (κ1) is 11.8. The summed E-state index contributed by atoms with van der Waals surface area (Å²) in [5.41, 5.74) is 0.977. The van der Waals surface area contributed by atoms with Crippen molar-refractivity contribution < 1.29 is 8.42 Å². The number of anilines is 1. The molecule has 1 rings (SSSR count). The normalized spacial score (nSPS) is 10.9. The van der Waals surface area contributed by atoms with Crippen molar-refractivity contribution in [2.75, 3.05) is 17.6 Å². The maximum absolute atomic E-state index is 11.1. The summed E-state index contributed by atoms with van der Waals surface area (Å²) in [4.78, 5) is 0. The van der Waals surface area contributed by atoms with E-state index in [2.05, 4.69) is 18.0 Å². The molecule has 0 aromatic heterocycles. The Kier molecular flexibility index (Phi) is 4.37. The highest BCUT2D eigenvalue weighted by Gasteiger charge is 2.03. The predicted octanol–water partition coefficient (Wildman–Crippen LogP) is 1.85. The predicted molar refractivity (Wildman–Crippen MR) is 62.4 cm³/mol. The Labute approximate surface area is 90.7 Å². The van der Waals surface area contributed by atoms with Crippen LogP contribution in [0.15, 0.2) is 36.3 Å². The van der Waals surface area contributed by atoms with Crippen molar-refractivity contribution in [3.8, 4) is 0 Å². The Morgan fingerprint density at radius 2 is 2.07 bits per heavy atom. The number of benzene rings is 1. The van der Waals surface area contributed by atoms with Crippen LogP contribution in [0.25, 0.3) is 0 Å². The fraction of sp³-hybridized carbons (Fsp3) is 0.273. The third-order valence-electron chi connectivity index (χ3n) is 1.91. The minimum atomic E-state index is -3.06. The van der Waals surface area contributed by atoms with Crippen molar-refractivity contribution in [1.82, 2.24) is 0 Å². The largest absolute Gasteiger partial charge is 0.385 e. The molecule has 15 heavy (non-hydrogen) atoms. The minimum absolute atomic E-state index is 0.141. The SMILES string of the molecule is C=CS(=O)(=O)CCCNc1cc[c]cc1. The van der Waals surface area contributed by atoms with Crippen molar-refractivity contribution in [3.63, 3.8) is 0 Å². The van der Waals surface area contributed by atoms with Gasteiger partial charge in [-0.05, 0) is 24.6 Å². The lowest BCUT2D eigenvalue weighted by molar-refractivity contribution is 0.602. The molecule has 0 bridgehead atoms. The van der Waals surface area contributed by atoms with Crippen LogP contribution in [-0.4, -0.2) is 20.7 Å². The summed E-state index contributed by atoms with van der Waals surface area (Å²) >= 11 is 0. The van der Waals surface area contributed by atoms with Crippen LogP contribution in [0.3, 0.4) is 0 Å². The van der Waals surface area contributed by atoms with Crippen molar-refractivity contribution >= 4 is 15.5 Å². The van der Waals surface area contributed by atoms with Crippen LogP contribution in [-0.2, 0) is 9.84 Å². The van der Waals surface area contributed by atoms with E-state index in [9.17, 15) is 8.42 Å². The molecule has 0 fully saturated rings. The number of nitrogens with one attached hydrogen (secondary N) is 1. The lowest BCUT2D eigenvalue weighted by atomic mass is 10.3. The summed E-state index contributed by atoms with van der Waals surface area (Å²) < 4.78 is 22.1. The van der Waals surface area contributed by atoms with Crippen LogP contribution in [0.2, 0.25) is 0 Å². The van der Waals surface area contributed by atoms with Gasteiger partial charge in [0.25, 0.3) is 0 Å². The quantitative estimate of drug-likeness (QED) is 0.750. The first-order valence-corrected chi connectivity index (χ1v) is 6.41. The average molecular weight is 224 g/mol. The van der Waals surface area contributed by atoms with Gasteiger partial charge >= 0.3 is 0 Å². The summed E-state index contributed by atoms with van der Waals surface area (Å²) in [7, 11) is -3.06. The zero-order valence-electron chi connectivity index (χ0n) is 8.44. The van der Waals surface area contributed by atoms with Gasteiger partial charge in [-0.25, -0.2) is 8.42 Å². The van der Waals surface area contributed by atoms with Crippen LogP contribution in [0.1, 0.15) is 6.42 Å². The molecule has 0 spiro atoms. The van der Waals surface area contributed by atoms with E-state index in [0.29, 0.717) is 13.0 Å². The fourth-order valence-corrected chi connectivity index (χ4v) is 1.81. The molecule has 0 aliphatic rings. The second kappa shape index (κ2) is 5.56. The van der Waals surface area contributed by atoms with Gasteiger partial charge < -0.3 is 5.32 Å². The molecule has 1 N–H and O–H groups in total.